The molecule has 0 saturated carbocycles. The third-order valence-electron chi connectivity index (χ3n) is 2.60. The van der Waals surface area contributed by atoms with Crippen molar-refractivity contribution in [2.24, 2.45) is 5.92 Å². The van der Waals surface area contributed by atoms with Crippen molar-refractivity contribution < 1.29 is 4.74 Å². The van der Waals surface area contributed by atoms with E-state index in [1.807, 2.05) is 6.07 Å². The van der Waals surface area contributed by atoms with Crippen LogP contribution in [0.2, 0.25) is 0 Å². The maximum Gasteiger partial charge on any atom is 0.213 e. The molecule has 3 nitrogen and oxygen atoms in total. The predicted molar refractivity (Wildman–Crippen MR) is 75.9 cm³/mol. The molecular weight excluding hydrogens is 224 g/mol. The van der Waals surface area contributed by atoms with E-state index in [1.165, 1.54) is 5.56 Å². The van der Waals surface area contributed by atoms with Crippen molar-refractivity contribution in [1.82, 2.24) is 10.3 Å². The summed E-state index contributed by atoms with van der Waals surface area (Å²) in [5, 5.41) is 3.41. The zero-order valence-corrected chi connectivity index (χ0v) is 12.1. The molecule has 102 valence electrons. The number of nitrogens with one attached hydrogen (secondary N) is 1. The molecule has 1 aromatic heterocycles. The fraction of sp³-hybridized carbons (Fsp3) is 0.667. The average Bonchev–Trinajstić information content (AvgIpc) is 2.36. The molecule has 3 heteroatoms. The Labute approximate surface area is 111 Å². The molecule has 1 rings (SSSR count). The molecule has 0 aliphatic heterocycles. The van der Waals surface area contributed by atoms with Gasteiger partial charge in [-0.25, -0.2) is 4.98 Å². The van der Waals surface area contributed by atoms with Crippen molar-refractivity contribution in [1.29, 1.82) is 0 Å². The maximum absolute atomic E-state index is 5.72. The molecule has 1 heterocycles. The Morgan fingerprint density at radius 2 is 2.06 bits per heavy atom. The normalized spacial score (nSPS) is 10.9. The summed E-state index contributed by atoms with van der Waals surface area (Å²) in [6, 6.07) is 4.20. The largest absolute Gasteiger partial charge is 0.477 e. The first kappa shape index (κ1) is 15.0. The summed E-state index contributed by atoms with van der Waals surface area (Å²) in [5.41, 5.74) is 2.36. The van der Waals surface area contributed by atoms with Crippen molar-refractivity contribution >= 4 is 0 Å². The Hall–Kier alpha value is -1.09. The van der Waals surface area contributed by atoms with Crippen LogP contribution in [0.25, 0.3) is 0 Å². The zero-order valence-electron chi connectivity index (χ0n) is 12.1. The Balaban J connectivity index is 2.67. The van der Waals surface area contributed by atoms with Gasteiger partial charge in [-0.2, -0.15) is 0 Å². The molecule has 0 spiro atoms. The van der Waals surface area contributed by atoms with E-state index in [1.54, 1.807) is 0 Å². The van der Waals surface area contributed by atoms with Gasteiger partial charge in [-0.1, -0.05) is 27.7 Å². The van der Waals surface area contributed by atoms with Crippen LogP contribution in [-0.2, 0) is 13.0 Å². The van der Waals surface area contributed by atoms with Crippen LogP contribution in [0.5, 0.6) is 5.88 Å². The summed E-state index contributed by atoms with van der Waals surface area (Å²) in [4.78, 5) is 4.50. The van der Waals surface area contributed by atoms with Gasteiger partial charge < -0.3 is 10.1 Å². The molecule has 1 aromatic rings. The Morgan fingerprint density at radius 1 is 1.28 bits per heavy atom. The van der Waals surface area contributed by atoms with Gasteiger partial charge in [-0.15, -0.1) is 0 Å². The van der Waals surface area contributed by atoms with Crippen molar-refractivity contribution in [3.05, 3.63) is 23.4 Å². The van der Waals surface area contributed by atoms with Gasteiger partial charge in [0.05, 0.1) is 6.61 Å². The highest BCUT2D eigenvalue weighted by Crippen LogP contribution is 2.14. The maximum atomic E-state index is 5.72. The van der Waals surface area contributed by atoms with E-state index >= 15 is 0 Å². The number of rotatable bonds is 8. The number of hydrogen-bond donors (Lipinski definition) is 1. The predicted octanol–water partition coefficient (Wildman–Crippen LogP) is 3.18. The summed E-state index contributed by atoms with van der Waals surface area (Å²) < 4.78 is 5.72. The van der Waals surface area contributed by atoms with E-state index < -0.39 is 0 Å². The molecule has 0 atom stereocenters. The highest BCUT2D eigenvalue weighted by molar-refractivity contribution is 5.25. The summed E-state index contributed by atoms with van der Waals surface area (Å²) in [6.45, 7) is 11.3. The molecule has 0 unspecified atom stereocenters. The number of aromatic nitrogens is 1. The first-order valence-corrected chi connectivity index (χ1v) is 6.99. The summed E-state index contributed by atoms with van der Waals surface area (Å²) in [7, 11) is 0. The Kier molecular flexibility index (Phi) is 6.73. The van der Waals surface area contributed by atoms with Gasteiger partial charge in [0, 0.05) is 18.3 Å². The summed E-state index contributed by atoms with van der Waals surface area (Å²) >= 11 is 0. The molecule has 0 radical (unpaired) electrons. The number of nitrogens with zero attached hydrogens (tertiary/aromatic N) is 1. The first-order chi connectivity index (χ1) is 8.65. The van der Waals surface area contributed by atoms with E-state index in [0.29, 0.717) is 5.92 Å². The average molecular weight is 250 g/mol. The molecule has 0 aromatic carbocycles. The molecule has 18 heavy (non-hydrogen) atoms. The van der Waals surface area contributed by atoms with Gasteiger partial charge >= 0.3 is 0 Å². The topological polar surface area (TPSA) is 34.2 Å². The van der Waals surface area contributed by atoms with Crippen molar-refractivity contribution in [2.45, 2.75) is 47.1 Å². The van der Waals surface area contributed by atoms with E-state index in [2.05, 4.69) is 44.1 Å². The van der Waals surface area contributed by atoms with Crippen LogP contribution in [0.1, 0.15) is 45.4 Å². The SMILES string of the molecule is CCCNCc1cc(CC)nc(OCC(C)C)c1. The van der Waals surface area contributed by atoms with Crippen molar-refractivity contribution in [2.75, 3.05) is 13.2 Å². The van der Waals surface area contributed by atoms with E-state index in [0.717, 1.165) is 44.1 Å². The van der Waals surface area contributed by atoms with Crippen LogP contribution in [0, 0.1) is 5.92 Å². The third kappa shape index (κ3) is 5.50. The first-order valence-electron chi connectivity index (χ1n) is 6.99. The van der Waals surface area contributed by atoms with Crippen LogP contribution in [0.4, 0.5) is 0 Å². The van der Waals surface area contributed by atoms with E-state index in [9.17, 15) is 0 Å². The molecule has 0 aliphatic carbocycles. The second kappa shape index (κ2) is 8.09. The standard InChI is InChI=1S/C15H26N2O/c1-5-7-16-10-13-8-14(6-2)17-15(9-13)18-11-12(3)4/h8-9,12,16H,5-7,10-11H2,1-4H3. The van der Waals surface area contributed by atoms with Gasteiger partial charge in [-0.3, -0.25) is 0 Å². The number of aryl methyl sites for hydroxylation is 1. The van der Waals surface area contributed by atoms with E-state index in [-0.39, 0.29) is 0 Å². The Morgan fingerprint density at radius 3 is 2.67 bits per heavy atom. The molecule has 0 fully saturated rings. The quantitative estimate of drug-likeness (QED) is 0.720. The van der Waals surface area contributed by atoms with Crippen molar-refractivity contribution in [3.63, 3.8) is 0 Å². The van der Waals surface area contributed by atoms with Gasteiger partial charge in [0.25, 0.3) is 0 Å². The highest BCUT2D eigenvalue weighted by Gasteiger charge is 2.04. The lowest BCUT2D eigenvalue weighted by Gasteiger charge is -2.11. The highest BCUT2D eigenvalue weighted by atomic mass is 16.5. The summed E-state index contributed by atoms with van der Waals surface area (Å²) in [5.74, 6) is 1.29. The Bertz CT molecular complexity index is 350. The minimum atomic E-state index is 0.527. The van der Waals surface area contributed by atoms with Crippen LogP contribution in [0.3, 0.4) is 0 Å². The third-order valence-corrected chi connectivity index (χ3v) is 2.60. The smallest absolute Gasteiger partial charge is 0.213 e. The second-order valence-electron chi connectivity index (χ2n) is 5.04. The molecule has 0 aliphatic rings. The molecule has 0 saturated heterocycles. The zero-order chi connectivity index (χ0) is 13.4. The minimum absolute atomic E-state index is 0.527. The number of pyridine rings is 1. The van der Waals surface area contributed by atoms with E-state index in [4.69, 9.17) is 4.74 Å². The molecule has 0 amide bonds. The van der Waals surface area contributed by atoms with Crippen LogP contribution >= 0.6 is 0 Å². The van der Waals surface area contributed by atoms with Gasteiger partial charge in [0.15, 0.2) is 0 Å². The molecule has 0 bridgehead atoms. The van der Waals surface area contributed by atoms with Crippen LogP contribution in [-0.4, -0.2) is 18.1 Å². The lowest BCUT2D eigenvalue weighted by Crippen LogP contribution is -2.14. The number of ether oxygens (including phenoxy) is 1. The second-order valence-corrected chi connectivity index (χ2v) is 5.04. The molecule has 1 N–H and O–H groups in total. The van der Waals surface area contributed by atoms with Crippen LogP contribution in [0.15, 0.2) is 12.1 Å². The van der Waals surface area contributed by atoms with Crippen molar-refractivity contribution in [3.8, 4) is 5.88 Å². The van der Waals surface area contributed by atoms with Gasteiger partial charge in [-0.05, 0) is 36.9 Å². The lowest BCUT2D eigenvalue weighted by atomic mass is 10.2. The van der Waals surface area contributed by atoms with Gasteiger partial charge in [0.2, 0.25) is 5.88 Å². The lowest BCUT2D eigenvalue weighted by molar-refractivity contribution is 0.260. The fourth-order valence-electron chi connectivity index (χ4n) is 1.64. The van der Waals surface area contributed by atoms with Gasteiger partial charge in [0.1, 0.15) is 0 Å². The fourth-order valence-corrected chi connectivity index (χ4v) is 1.64. The minimum Gasteiger partial charge on any atom is -0.477 e. The monoisotopic (exact) mass is 250 g/mol. The number of hydrogen-bond acceptors (Lipinski definition) is 3. The van der Waals surface area contributed by atoms with Crippen LogP contribution < -0.4 is 10.1 Å². The summed E-state index contributed by atoms with van der Waals surface area (Å²) in [6.07, 6.45) is 2.10. The molecular formula is C15H26N2O.